The van der Waals surface area contributed by atoms with E-state index in [-0.39, 0.29) is 6.61 Å². The lowest BCUT2D eigenvalue weighted by molar-refractivity contribution is 0.311. The van der Waals surface area contributed by atoms with Crippen LogP contribution in [0.3, 0.4) is 0 Å². The molecule has 5 heteroatoms. The highest BCUT2D eigenvalue weighted by atomic mass is 16.5. The van der Waals surface area contributed by atoms with Crippen LogP contribution < -0.4 is 20.5 Å². The Balaban J connectivity index is 2.62. The normalized spacial score (nSPS) is 10.2. The lowest BCUT2D eigenvalue weighted by Gasteiger charge is -2.17. The average Bonchev–Trinajstić information content (AvgIpc) is 2.52. The molecule has 0 spiro atoms. The molecule has 4 N–H and O–H groups in total. The first-order chi connectivity index (χ1) is 10.2. The number of benzene rings is 2. The highest BCUT2D eigenvalue weighted by Gasteiger charge is 2.16. The van der Waals surface area contributed by atoms with E-state index in [2.05, 4.69) is 5.32 Å². The Morgan fingerprint density at radius 3 is 2.33 bits per heavy atom. The van der Waals surface area contributed by atoms with Gasteiger partial charge in [0.2, 0.25) is 0 Å². The second-order valence-electron chi connectivity index (χ2n) is 4.49. The van der Waals surface area contributed by atoms with Crippen LogP contribution in [0.15, 0.2) is 36.4 Å². The number of hydrogen-bond donors (Lipinski definition) is 3. The van der Waals surface area contributed by atoms with Gasteiger partial charge in [-0.05, 0) is 30.3 Å². The maximum absolute atomic E-state index is 9.01. The van der Waals surface area contributed by atoms with E-state index in [0.717, 1.165) is 16.8 Å². The molecule has 0 amide bonds. The van der Waals surface area contributed by atoms with Gasteiger partial charge in [0, 0.05) is 23.5 Å². The van der Waals surface area contributed by atoms with E-state index in [1.54, 1.807) is 14.2 Å². The molecule has 5 nitrogen and oxygen atoms in total. The van der Waals surface area contributed by atoms with Crippen LogP contribution in [0, 0.1) is 0 Å². The molecule has 0 saturated carbocycles. The number of nitrogens with one attached hydrogen (secondary N) is 1. The molecule has 0 radical (unpaired) electrons. The van der Waals surface area contributed by atoms with Crippen LogP contribution >= 0.6 is 0 Å². The molecule has 0 aliphatic rings. The van der Waals surface area contributed by atoms with Crippen LogP contribution in [0.1, 0.15) is 0 Å². The Bertz CT molecular complexity index is 592. The van der Waals surface area contributed by atoms with Gasteiger partial charge in [-0.25, -0.2) is 0 Å². The van der Waals surface area contributed by atoms with Crippen LogP contribution in [0.2, 0.25) is 0 Å². The second-order valence-corrected chi connectivity index (χ2v) is 4.49. The summed E-state index contributed by atoms with van der Waals surface area (Å²) >= 11 is 0. The van der Waals surface area contributed by atoms with Crippen molar-refractivity contribution in [3.05, 3.63) is 36.4 Å². The number of nitrogens with two attached hydrogens (primary N) is 1. The quantitative estimate of drug-likeness (QED) is 0.711. The van der Waals surface area contributed by atoms with Gasteiger partial charge >= 0.3 is 0 Å². The molecule has 0 unspecified atom stereocenters. The summed E-state index contributed by atoms with van der Waals surface area (Å²) in [6, 6.07) is 11.2. The molecule has 0 aliphatic carbocycles. The van der Waals surface area contributed by atoms with Crippen molar-refractivity contribution in [2.45, 2.75) is 0 Å². The minimum absolute atomic E-state index is 0.0485. The summed E-state index contributed by atoms with van der Waals surface area (Å²) in [5, 5.41) is 12.2. The highest BCUT2D eigenvalue weighted by Crippen LogP contribution is 2.42. The molecule has 2 aromatic rings. The average molecular weight is 288 g/mol. The fourth-order valence-electron chi connectivity index (χ4n) is 2.23. The first kappa shape index (κ1) is 15.0. The fraction of sp³-hybridized carbons (Fsp3) is 0.250. The largest absolute Gasteiger partial charge is 0.496 e. The number of anilines is 2. The first-order valence-electron chi connectivity index (χ1n) is 6.67. The summed E-state index contributed by atoms with van der Waals surface area (Å²) in [5.74, 6) is 1.40. The van der Waals surface area contributed by atoms with Gasteiger partial charge in [0.25, 0.3) is 0 Å². The molecule has 0 aliphatic heterocycles. The number of aliphatic hydroxyl groups excluding tert-OH is 1. The predicted octanol–water partition coefficient (Wildman–Crippen LogP) is 2.36. The van der Waals surface area contributed by atoms with Crippen molar-refractivity contribution in [2.75, 3.05) is 38.4 Å². The Morgan fingerprint density at radius 2 is 1.76 bits per heavy atom. The molecular formula is C16H20N2O3. The van der Waals surface area contributed by atoms with Crippen molar-refractivity contribution in [3.63, 3.8) is 0 Å². The van der Waals surface area contributed by atoms with Gasteiger partial charge in [-0.3, -0.25) is 0 Å². The van der Waals surface area contributed by atoms with Crippen molar-refractivity contribution in [1.82, 2.24) is 0 Å². The SMILES string of the molecule is COc1cccc(OC)c1-c1cc(N)ccc1NCCO. The van der Waals surface area contributed by atoms with Crippen molar-refractivity contribution >= 4 is 11.4 Å². The minimum Gasteiger partial charge on any atom is -0.496 e. The molecule has 0 bridgehead atoms. The Morgan fingerprint density at radius 1 is 1.10 bits per heavy atom. The van der Waals surface area contributed by atoms with E-state index in [1.165, 1.54) is 0 Å². The second kappa shape index (κ2) is 6.85. The first-order valence-corrected chi connectivity index (χ1v) is 6.67. The molecule has 0 aromatic heterocycles. The smallest absolute Gasteiger partial charge is 0.130 e. The molecule has 0 fully saturated rings. The Labute approximate surface area is 124 Å². The van der Waals surface area contributed by atoms with Gasteiger partial charge in [0.15, 0.2) is 0 Å². The fourth-order valence-corrected chi connectivity index (χ4v) is 2.23. The van der Waals surface area contributed by atoms with Gasteiger partial charge in [-0.2, -0.15) is 0 Å². The van der Waals surface area contributed by atoms with Crippen molar-refractivity contribution in [1.29, 1.82) is 0 Å². The molecule has 2 rings (SSSR count). The monoisotopic (exact) mass is 288 g/mol. The van der Waals surface area contributed by atoms with Gasteiger partial charge in [0.05, 0.1) is 26.4 Å². The van der Waals surface area contributed by atoms with Crippen LogP contribution in [-0.4, -0.2) is 32.5 Å². The number of aliphatic hydroxyl groups is 1. The number of hydrogen-bond acceptors (Lipinski definition) is 5. The topological polar surface area (TPSA) is 76.7 Å². The lowest BCUT2D eigenvalue weighted by Crippen LogP contribution is -2.07. The third kappa shape index (κ3) is 3.20. The maximum Gasteiger partial charge on any atom is 0.130 e. The molecule has 0 saturated heterocycles. The van der Waals surface area contributed by atoms with Crippen molar-refractivity contribution in [3.8, 4) is 22.6 Å². The number of methoxy groups -OCH3 is 2. The zero-order valence-corrected chi connectivity index (χ0v) is 12.2. The van der Waals surface area contributed by atoms with Crippen LogP contribution in [-0.2, 0) is 0 Å². The molecule has 112 valence electrons. The van der Waals surface area contributed by atoms with E-state index in [0.29, 0.717) is 23.7 Å². The van der Waals surface area contributed by atoms with E-state index in [9.17, 15) is 0 Å². The van der Waals surface area contributed by atoms with Gasteiger partial charge < -0.3 is 25.6 Å². The molecular weight excluding hydrogens is 268 g/mol. The Kier molecular flexibility index (Phi) is 4.90. The molecule has 0 atom stereocenters. The summed E-state index contributed by atoms with van der Waals surface area (Å²) in [6.45, 7) is 0.501. The standard InChI is InChI=1S/C16H20N2O3/c1-20-14-4-3-5-15(21-2)16(14)12-10-11(17)6-7-13(12)18-8-9-19/h3-7,10,18-19H,8-9,17H2,1-2H3. The summed E-state index contributed by atoms with van der Waals surface area (Å²) in [4.78, 5) is 0. The zero-order valence-electron chi connectivity index (χ0n) is 12.2. The van der Waals surface area contributed by atoms with E-state index in [4.69, 9.17) is 20.3 Å². The van der Waals surface area contributed by atoms with Gasteiger partial charge in [-0.15, -0.1) is 0 Å². The van der Waals surface area contributed by atoms with E-state index < -0.39 is 0 Å². The summed E-state index contributed by atoms with van der Waals surface area (Å²) in [6.07, 6.45) is 0. The molecule has 0 heterocycles. The van der Waals surface area contributed by atoms with Crippen LogP contribution in [0.25, 0.3) is 11.1 Å². The summed E-state index contributed by atoms with van der Waals surface area (Å²) in [7, 11) is 3.23. The van der Waals surface area contributed by atoms with Crippen molar-refractivity contribution in [2.24, 2.45) is 0 Å². The molecule has 2 aromatic carbocycles. The summed E-state index contributed by atoms with van der Waals surface area (Å²) < 4.78 is 10.9. The van der Waals surface area contributed by atoms with Crippen LogP contribution in [0.5, 0.6) is 11.5 Å². The van der Waals surface area contributed by atoms with Gasteiger partial charge in [-0.1, -0.05) is 6.07 Å². The minimum atomic E-state index is 0.0485. The maximum atomic E-state index is 9.01. The third-order valence-electron chi connectivity index (χ3n) is 3.17. The third-order valence-corrected chi connectivity index (χ3v) is 3.17. The van der Waals surface area contributed by atoms with Gasteiger partial charge in [0.1, 0.15) is 11.5 Å². The Hall–Kier alpha value is -2.40. The molecule has 21 heavy (non-hydrogen) atoms. The van der Waals surface area contributed by atoms with E-state index in [1.807, 2.05) is 36.4 Å². The predicted molar refractivity (Wildman–Crippen MR) is 85.0 cm³/mol. The van der Waals surface area contributed by atoms with E-state index >= 15 is 0 Å². The summed E-state index contributed by atoms with van der Waals surface area (Å²) in [5.41, 5.74) is 9.13. The zero-order chi connectivity index (χ0) is 15.2. The lowest BCUT2D eigenvalue weighted by atomic mass is 10.0. The van der Waals surface area contributed by atoms with Crippen molar-refractivity contribution < 1.29 is 14.6 Å². The van der Waals surface area contributed by atoms with Crippen LogP contribution in [0.4, 0.5) is 11.4 Å². The number of nitrogen functional groups attached to an aromatic ring is 1. The highest BCUT2D eigenvalue weighted by molar-refractivity contribution is 5.87. The number of rotatable bonds is 6. The number of ether oxygens (including phenoxy) is 2.